The van der Waals surface area contributed by atoms with Gasteiger partial charge in [0.15, 0.2) is 0 Å². The molecule has 0 saturated heterocycles. The van der Waals surface area contributed by atoms with Crippen LogP contribution in [0.2, 0.25) is 0 Å². The lowest BCUT2D eigenvalue weighted by Crippen LogP contribution is -2.22. The molecule has 4 heteroatoms. The van der Waals surface area contributed by atoms with E-state index in [4.69, 9.17) is 0 Å². The monoisotopic (exact) mass is 207 g/mol. The van der Waals surface area contributed by atoms with Crippen LogP contribution in [0.4, 0.5) is 5.95 Å². The molecule has 1 aromatic heterocycles. The minimum atomic E-state index is -0.151. The highest BCUT2D eigenvalue weighted by Crippen LogP contribution is 2.25. The van der Waals surface area contributed by atoms with Crippen LogP contribution >= 0.6 is 0 Å². The summed E-state index contributed by atoms with van der Waals surface area (Å²) < 4.78 is 0. The van der Waals surface area contributed by atoms with Crippen molar-refractivity contribution in [3.05, 3.63) is 18.0 Å². The van der Waals surface area contributed by atoms with Gasteiger partial charge in [0.2, 0.25) is 5.95 Å². The molecule has 1 saturated carbocycles. The largest absolute Gasteiger partial charge is 0.393 e. The fourth-order valence-electron chi connectivity index (χ4n) is 2.01. The Bertz CT molecular complexity index is 329. The van der Waals surface area contributed by atoms with Gasteiger partial charge in [-0.1, -0.05) is 6.42 Å². The molecule has 1 aromatic rings. The molecule has 4 nitrogen and oxygen atoms in total. The van der Waals surface area contributed by atoms with Crippen LogP contribution in [0.15, 0.2) is 12.3 Å². The second kappa shape index (κ2) is 4.57. The van der Waals surface area contributed by atoms with Crippen molar-refractivity contribution in [1.82, 2.24) is 9.97 Å². The Morgan fingerprint density at radius 2 is 2.40 bits per heavy atom. The maximum atomic E-state index is 9.64. The molecule has 0 amide bonds. The van der Waals surface area contributed by atoms with Gasteiger partial charge in [0.1, 0.15) is 0 Å². The Kier molecular flexibility index (Phi) is 3.16. The standard InChI is InChI=1S/C11H17N3O/c1-8-5-6-12-11(14-8)13-7-9-3-2-4-10(9)15/h5-6,9-10,15H,2-4,7H2,1H3,(H,12,13,14). The normalized spacial score (nSPS) is 25.5. The van der Waals surface area contributed by atoms with Crippen molar-refractivity contribution in [3.8, 4) is 0 Å². The second-order valence-corrected chi connectivity index (χ2v) is 4.16. The zero-order valence-electron chi connectivity index (χ0n) is 8.98. The van der Waals surface area contributed by atoms with E-state index >= 15 is 0 Å². The maximum absolute atomic E-state index is 9.64. The first-order valence-electron chi connectivity index (χ1n) is 5.47. The molecule has 15 heavy (non-hydrogen) atoms. The minimum Gasteiger partial charge on any atom is -0.393 e. The fourth-order valence-corrected chi connectivity index (χ4v) is 2.01. The van der Waals surface area contributed by atoms with Crippen LogP contribution in [-0.4, -0.2) is 27.7 Å². The Balaban J connectivity index is 1.87. The second-order valence-electron chi connectivity index (χ2n) is 4.16. The summed E-state index contributed by atoms with van der Waals surface area (Å²) in [7, 11) is 0. The highest BCUT2D eigenvalue weighted by atomic mass is 16.3. The molecule has 0 aliphatic heterocycles. The first kappa shape index (κ1) is 10.4. The quantitative estimate of drug-likeness (QED) is 0.785. The van der Waals surface area contributed by atoms with Crippen molar-refractivity contribution in [3.63, 3.8) is 0 Å². The Morgan fingerprint density at radius 3 is 3.07 bits per heavy atom. The Morgan fingerprint density at radius 1 is 1.53 bits per heavy atom. The average molecular weight is 207 g/mol. The lowest BCUT2D eigenvalue weighted by Gasteiger charge is -2.14. The molecule has 1 fully saturated rings. The molecular formula is C11H17N3O. The summed E-state index contributed by atoms with van der Waals surface area (Å²) in [4.78, 5) is 8.38. The summed E-state index contributed by atoms with van der Waals surface area (Å²) in [6.07, 6.45) is 4.75. The molecule has 1 aliphatic rings. The number of aryl methyl sites for hydroxylation is 1. The van der Waals surface area contributed by atoms with Crippen LogP contribution < -0.4 is 5.32 Å². The maximum Gasteiger partial charge on any atom is 0.222 e. The van der Waals surface area contributed by atoms with Crippen molar-refractivity contribution in [2.24, 2.45) is 5.92 Å². The molecule has 2 atom stereocenters. The topological polar surface area (TPSA) is 58.0 Å². The third-order valence-electron chi connectivity index (χ3n) is 2.94. The summed E-state index contributed by atoms with van der Waals surface area (Å²) in [6.45, 7) is 2.71. The minimum absolute atomic E-state index is 0.151. The lowest BCUT2D eigenvalue weighted by molar-refractivity contribution is 0.138. The van der Waals surface area contributed by atoms with Gasteiger partial charge < -0.3 is 10.4 Å². The van der Waals surface area contributed by atoms with Gasteiger partial charge in [-0.05, 0) is 25.8 Å². The molecule has 1 heterocycles. The number of anilines is 1. The highest BCUT2D eigenvalue weighted by Gasteiger charge is 2.24. The molecule has 2 rings (SSSR count). The van der Waals surface area contributed by atoms with Crippen molar-refractivity contribution in [2.75, 3.05) is 11.9 Å². The van der Waals surface area contributed by atoms with Gasteiger partial charge in [0, 0.05) is 24.4 Å². The summed E-state index contributed by atoms with van der Waals surface area (Å²) in [6, 6.07) is 1.87. The number of hydrogen-bond acceptors (Lipinski definition) is 4. The zero-order valence-corrected chi connectivity index (χ0v) is 8.98. The first-order chi connectivity index (χ1) is 7.25. The van der Waals surface area contributed by atoms with E-state index in [2.05, 4.69) is 15.3 Å². The predicted octanol–water partition coefficient (Wildman–Crippen LogP) is 1.36. The molecule has 0 aromatic carbocycles. The molecule has 2 unspecified atom stereocenters. The van der Waals surface area contributed by atoms with Crippen LogP contribution in [0.5, 0.6) is 0 Å². The van der Waals surface area contributed by atoms with Crippen molar-refractivity contribution >= 4 is 5.95 Å². The van der Waals surface area contributed by atoms with E-state index in [1.165, 1.54) is 0 Å². The van der Waals surface area contributed by atoms with Crippen LogP contribution in [-0.2, 0) is 0 Å². The van der Waals surface area contributed by atoms with Gasteiger partial charge in [-0.3, -0.25) is 0 Å². The van der Waals surface area contributed by atoms with E-state index in [0.29, 0.717) is 11.9 Å². The van der Waals surface area contributed by atoms with E-state index in [1.807, 2.05) is 13.0 Å². The third-order valence-corrected chi connectivity index (χ3v) is 2.94. The first-order valence-corrected chi connectivity index (χ1v) is 5.47. The zero-order chi connectivity index (χ0) is 10.7. The Hall–Kier alpha value is -1.16. The van der Waals surface area contributed by atoms with E-state index < -0.39 is 0 Å². The number of aliphatic hydroxyl groups is 1. The van der Waals surface area contributed by atoms with E-state index in [1.54, 1.807) is 6.20 Å². The molecular weight excluding hydrogens is 190 g/mol. The van der Waals surface area contributed by atoms with Crippen LogP contribution in [0.3, 0.4) is 0 Å². The number of nitrogens with zero attached hydrogens (tertiary/aromatic N) is 2. The van der Waals surface area contributed by atoms with Crippen molar-refractivity contribution < 1.29 is 5.11 Å². The highest BCUT2D eigenvalue weighted by molar-refractivity contribution is 5.24. The van der Waals surface area contributed by atoms with Gasteiger partial charge in [-0.2, -0.15) is 0 Å². The summed E-state index contributed by atoms with van der Waals surface area (Å²) >= 11 is 0. The predicted molar refractivity (Wildman–Crippen MR) is 58.6 cm³/mol. The fraction of sp³-hybridized carbons (Fsp3) is 0.636. The third kappa shape index (κ3) is 2.65. The van der Waals surface area contributed by atoms with Crippen molar-refractivity contribution in [1.29, 1.82) is 0 Å². The molecule has 0 bridgehead atoms. The SMILES string of the molecule is Cc1ccnc(NCC2CCCC2O)n1. The van der Waals surface area contributed by atoms with Gasteiger partial charge in [0.25, 0.3) is 0 Å². The number of nitrogens with one attached hydrogen (secondary N) is 1. The van der Waals surface area contributed by atoms with Crippen molar-refractivity contribution in [2.45, 2.75) is 32.3 Å². The van der Waals surface area contributed by atoms with Crippen LogP contribution in [0.1, 0.15) is 25.0 Å². The van der Waals surface area contributed by atoms with E-state index in [0.717, 1.165) is 31.5 Å². The molecule has 1 aliphatic carbocycles. The van der Waals surface area contributed by atoms with E-state index in [-0.39, 0.29) is 6.10 Å². The average Bonchev–Trinajstić information content (AvgIpc) is 2.61. The summed E-state index contributed by atoms with van der Waals surface area (Å²) in [5, 5.41) is 12.8. The number of aliphatic hydroxyl groups excluding tert-OH is 1. The molecule has 2 N–H and O–H groups in total. The molecule has 0 spiro atoms. The van der Waals surface area contributed by atoms with Gasteiger partial charge in [-0.25, -0.2) is 9.97 Å². The van der Waals surface area contributed by atoms with Crippen LogP contribution in [0.25, 0.3) is 0 Å². The lowest BCUT2D eigenvalue weighted by atomic mass is 10.1. The van der Waals surface area contributed by atoms with E-state index in [9.17, 15) is 5.11 Å². The Labute approximate surface area is 89.8 Å². The molecule has 0 radical (unpaired) electrons. The van der Waals surface area contributed by atoms with Gasteiger partial charge >= 0.3 is 0 Å². The summed E-state index contributed by atoms with van der Waals surface area (Å²) in [5.74, 6) is 1.02. The summed E-state index contributed by atoms with van der Waals surface area (Å²) in [5.41, 5.74) is 0.958. The number of rotatable bonds is 3. The molecule has 82 valence electrons. The number of aromatic nitrogens is 2. The van der Waals surface area contributed by atoms with Crippen LogP contribution in [0, 0.1) is 12.8 Å². The van der Waals surface area contributed by atoms with Gasteiger partial charge in [0.05, 0.1) is 6.10 Å². The smallest absolute Gasteiger partial charge is 0.222 e. The number of hydrogen-bond donors (Lipinski definition) is 2. The van der Waals surface area contributed by atoms with Gasteiger partial charge in [-0.15, -0.1) is 0 Å².